The summed E-state index contributed by atoms with van der Waals surface area (Å²) in [6.07, 6.45) is 0. The second-order valence-corrected chi connectivity index (χ2v) is 7.96. The molecule has 0 bridgehead atoms. The molecular formula is C14H12O3S2. The van der Waals surface area contributed by atoms with Gasteiger partial charge in [0.25, 0.3) is 0 Å². The summed E-state index contributed by atoms with van der Waals surface area (Å²) in [6.45, 7) is 3.66. The number of fused-ring (bicyclic) bond motifs is 2. The maximum atomic E-state index is 12.6. The first-order valence-corrected chi connectivity index (χ1v) is 8.33. The Labute approximate surface area is 115 Å². The molecule has 0 aliphatic carbocycles. The third-order valence-electron chi connectivity index (χ3n) is 3.28. The third kappa shape index (κ3) is 1.84. The molecule has 1 aliphatic heterocycles. The van der Waals surface area contributed by atoms with Crippen LogP contribution in [0.3, 0.4) is 0 Å². The predicted octanol–water partition coefficient (Wildman–Crippen LogP) is 2.88. The molecule has 1 aromatic carbocycles. The summed E-state index contributed by atoms with van der Waals surface area (Å²) < 4.78 is 24.8. The highest BCUT2D eigenvalue weighted by Crippen LogP contribution is 2.35. The smallest absolute Gasteiger partial charge is 0.204 e. The van der Waals surface area contributed by atoms with Crippen LogP contribution in [0, 0.1) is 13.8 Å². The van der Waals surface area contributed by atoms with Gasteiger partial charge in [-0.25, -0.2) is 8.42 Å². The molecule has 3 rings (SSSR count). The molecule has 0 spiro atoms. The first-order valence-electron chi connectivity index (χ1n) is 5.86. The lowest BCUT2D eigenvalue weighted by atomic mass is 10.0. The Balaban J connectivity index is 2.42. The van der Waals surface area contributed by atoms with Crippen molar-refractivity contribution in [3.05, 3.63) is 50.7 Å². The summed E-state index contributed by atoms with van der Waals surface area (Å²) in [5.74, 6) is -0.253. The number of carbonyl (C=O) groups is 1. The van der Waals surface area contributed by atoms with Crippen molar-refractivity contribution < 1.29 is 13.2 Å². The van der Waals surface area contributed by atoms with Crippen LogP contribution < -0.4 is 0 Å². The van der Waals surface area contributed by atoms with E-state index >= 15 is 0 Å². The van der Waals surface area contributed by atoms with E-state index < -0.39 is 9.84 Å². The first-order chi connectivity index (χ1) is 8.90. The number of thiophene rings is 1. The summed E-state index contributed by atoms with van der Waals surface area (Å²) in [5, 5.41) is 0. The van der Waals surface area contributed by atoms with E-state index in [0.717, 1.165) is 4.88 Å². The van der Waals surface area contributed by atoms with E-state index in [2.05, 4.69) is 0 Å². The van der Waals surface area contributed by atoms with Gasteiger partial charge in [-0.2, -0.15) is 0 Å². The largest absolute Gasteiger partial charge is 0.288 e. The number of aryl methyl sites for hydroxylation is 2. The van der Waals surface area contributed by atoms with Crippen molar-refractivity contribution in [3.8, 4) is 0 Å². The van der Waals surface area contributed by atoms with Crippen LogP contribution in [-0.2, 0) is 15.6 Å². The molecule has 1 aliphatic rings. The molecule has 5 heteroatoms. The van der Waals surface area contributed by atoms with Crippen LogP contribution in [0.1, 0.15) is 31.2 Å². The van der Waals surface area contributed by atoms with E-state index in [9.17, 15) is 13.2 Å². The average molecular weight is 292 g/mol. The number of hydrogen-bond acceptors (Lipinski definition) is 4. The van der Waals surface area contributed by atoms with Gasteiger partial charge in [0.05, 0.1) is 15.5 Å². The lowest BCUT2D eigenvalue weighted by Gasteiger charge is -2.07. The summed E-state index contributed by atoms with van der Waals surface area (Å²) in [6, 6.07) is 6.79. The second-order valence-electron chi connectivity index (χ2n) is 4.75. The Bertz CT molecular complexity index is 798. The fraction of sp³-hybridized carbons (Fsp3) is 0.214. The highest BCUT2D eigenvalue weighted by molar-refractivity contribution is 7.90. The van der Waals surface area contributed by atoms with Crippen molar-refractivity contribution in [3.63, 3.8) is 0 Å². The Morgan fingerprint density at radius 1 is 1.21 bits per heavy atom. The predicted molar refractivity (Wildman–Crippen MR) is 74.6 cm³/mol. The van der Waals surface area contributed by atoms with E-state index in [1.807, 2.05) is 6.92 Å². The van der Waals surface area contributed by atoms with E-state index in [-0.39, 0.29) is 16.4 Å². The Morgan fingerprint density at radius 2 is 1.95 bits per heavy atom. The average Bonchev–Trinajstić information content (AvgIpc) is 2.64. The molecule has 1 aromatic heterocycles. The summed E-state index contributed by atoms with van der Waals surface area (Å²) in [4.78, 5) is 14.3. The molecule has 0 fully saturated rings. The van der Waals surface area contributed by atoms with Gasteiger partial charge in [0, 0.05) is 10.4 Å². The van der Waals surface area contributed by atoms with Crippen molar-refractivity contribution in [2.45, 2.75) is 24.5 Å². The minimum Gasteiger partial charge on any atom is -0.288 e. The maximum absolute atomic E-state index is 12.6. The SMILES string of the molecule is Cc1cc2c(s1)C(=O)c1c(C)cccc1S(=O)(=O)C2. The van der Waals surface area contributed by atoms with Crippen molar-refractivity contribution >= 4 is 27.0 Å². The van der Waals surface area contributed by atoms with Gasteiger partial charge in [-0.1, -0.05) is 12.1 Å². The van der Waals surface area contributed by atoms with E-state index in [0.29, 0.717) is 21.6 Å². The van der Waals surface area contributed by atoms with Crippen LogP contribution in [0.5, 0.6) is 0 Å². The number of benzene rings is 1. The highest BCUT2D eigenvalue weighted by atomic mass is 32.2. The van der Waals surface area contributed by atoms with E-state index in [1.165, 1.54) is 17.4 Å². The number of hydrogen-bond donors (Lipinski definition) is 0. The zero-order chi connectivity index (χ0) is 13.8. The van der Waals surface area contributed by atoms with E-state index in [1.54, 1.807) is 25.1 Å². The van der Waals surface area contributed by atoms with Gasteiger partial charge < -0.3 is 0 Å². The first kappa shape index (κ1) is 12.6. The fourth-order valence-corrected chi connectivity index (χ4v) is 5.17. The Hall–Kier alpha value is -1.46. The lowest BCUT2D eigenvalue weighted by Crippen LogP contribution is -2.08. The molecule has 2 heterocycles. The van der Waals surface area contributed by atoms with Crippen LogP contribution in [-0.4, -0.2) is 14.2 Å². The van der Waals surface area contributed by atoms with Gasteiger partial charge in [0.15, 0.2) is 9.84 Å². The van der Waals surface area contributed by atoms with Crippen molar-refractivity contribution in [1.29, 1.82) is 0 Å². The van der Waals surface area contributed by atoms with Crippen LogP contribution in [0.15, 0.2) is 29.2 Å². The molecule has 0 atom stereocenters. The highest BCUT2D eigenvalue weighted by Gasteiger charge is 2.32. The van der Waals surface area contributed by atoms with Crippen LogP contribution in [0.4, 0.5) is 0 Å². The number of sulfone groups is 1. The van der Waals surface area contributed by atoms with Gasteiger partial charge in [0.2, 0.25) is 5.78 Å². The van der Waals surface area contributed by atoms with Crippen LogP contribution in [0.2, 0.25) is 0 Å². The molecular weight excluding hydrogens is 280 g/mol. The summed E-state index contributed by atoms with van der Waals surface area (Å²) in [5.41, 5.74) is 1.68. The van der Waals surface area contributed by atoms with Gasteiger partial charge in [-0.15, -0.1) is 11.3 Å². The molecule has 98 valence electrons. The van der Waals surface area contributed by atoms with Crippen molar-refractivity contribution in [2.75, 3.05) is 0 Å². The molecule has 0 radical (unpaired) electrons. The third-order valence-corrected chi connectivity index (χ3v) is 6.07. The number of ketones is 1. The molecule has 0 saturated heterocycles. The quantitative estimate of drug-likeness (QED) is 0.750. The topological polar surface area (TPSA) is 51.2 Å². The molecule has 0 amide bonds. The maximum Gasteiger partial charge on any atom is 0.204 e. The standard InChI is InChI=1S/C14H12O3S2/c1-8-4-3-5-11-12(8)13(15)14-10(6-9(2)18-14)7-19(11,16)17/h3-6H,7H2,1-2H3. The molecule has 2 aromatic rings. The lowest BCUT2D eigenvalue weighted by molar-refractivity contribution is 0.103. The Kier molecular flexibility index (Phi) is 2.66. The summed E-state index contributed by atoms with van der Waals surface area (Å²) in [7, 11) is -3.45. The van der Waals surface area contributed by atoms with Crippen LogP contribution >= 0.6 is 11.3 Å². The minimum absolute atomic E-state index is 0.0884. The molecule has 0 saturated carbocycles. The fourth-order valence-electron chi connectivity index (χ4n) is 2.45. The van der Waals surface area contributed by atoms with Crippen molar-refractivity contribution in [1.82, 2.24) is 0 Å². The zero-order valence-corrected chi connectivity index (χ0v) is 12.2. The van der Waals surface area contributed by atoms with Gasteiger partial charge >= 0.3 is 0 Å². The molecule has 0 N–H and O–H groups in total. The second kappa shape index (κ2) is 4.02. The number of rotatable bonds is 0. The Morgan fingerprint density at radius 3 is 2.68 bits per heavy atom. The minimum atomic E-state index is -3.45. The van der Waals surface area contributed by atoms with Crippen molar-refractivity contribution in [2.24, 2.45) is 0 Å². The molecule has 3 nitrogen and oxygen atoms in total. The normalized spacial score (nSPS) is 16.6. The van der Waals surface area contributed by atoms with Gasteiger partial charge in [-0.3, -0.25) is 4.79 Å². The van der Waals surface area contributed by atoms with Gasteiger partial charge in [-0.05, 0) is 37.1 Å². The van der Waals surface area contributed by atoms with Crippen LogP contribution in [0.25, 0.3) is 0 Å². The summed E-state index contributed by atoms with van der Waals surface area (Å²) >= 11 is 1.37. The molecule has 19 heavy (non-hydrogen) atoms. The monoisotopic (exact) mass is 292 g/mol. The molecule has 0 unspecified atom stereocenters. The zero-order valence-electron chi connectivity index (χ0n) is 10.6. The van der Waals surface area contributed by atoms with Gasteiger partial charge in [0.1, 0.15) is 0 Å². The number of carbonyl (C=O) groups excluding carboxylic acids is 1. The van der Waals surface area contributed by atoms with E-state index in [4.69, 9.17) is 0 Å².